The summed E-state index contributed by atoms with van der Waals surface area (Å²) in [6, 6.07) is 0. The maximum Gasteiger partial charge on any atom is 0.191 e. The molecule has 0 saturated heterocycles. The van der Waals surface area contributed by atoms with Crippen LogP contribution in [-0.2, 0) is 6.54 Å². The van der Waals surface area contributed by atoms with E-state index in [0.717, 1.165) is 49.0 Å². The molecule has 3 N–H and O–H groups in total. The lowest BCUT2D eigenvalue weighted by molar-refractivity contribution is 0.134. The van der Waals surface area contributed by atoms with Gasteiger partial charge in [0.2, 0.25) is 0 Å². The number of guanidine groups is 1. The smallest absolute Gasteiger partial charge is 0.191 e. The van der Waals surface area contributed by atoms with Crippen molar-refractivity contribution in [3.63, 3.8) is 0 Å². The van der Waals surface area contributed by atoms with Gasteiger partial charge in [-0.15, -0.1) is 11.3 Å². The van der Waals surface area contributed by atoms with Gasteiger partial charge in [-0.3, -0.25) is 0 Å². The van der Waals surface area contributed by atoms with Crippen molar-refractivity contribution in [2.24, 2.45) is 10.9 Å². The zero-order chi connectivity index (χ0) is 15.2. The Morgan fingerprint density at radius 3 is 2.76 bits per heavy atom. The molecule has 1 aliphatic rings. The molecule has 0 spiro atoms. The maximum atomic E-state index is 9.87. The number of aliphatic hydroxyl groups excluding tert-OH is 1. The second kappa shape index (κ2) is 7.75. The van der Waals surface area contributed by atoms with Crippen LogP contribution in [0.3, 0.4) is 0 Å². The Hall–Kier alpha value is -1.14. The van der Waals surface area contributed by atoms with Crippen LogP contribution in [0.2, 0.25) is 0 Å². The van der Waals surface area contributed by atoms with Crippen LogP contribution in [0, 0.1) is 19.8 Å². The van der Waals surface area contributed by atoms with Crippen LogP contribution in [0.1, 0.15) is 41.8 Å². The summed E-state index contributed by atoms with van der Waals surface area (Å²) in [4.78, 5) is 10.3. The van der Waals surface area contributed by atoms with Crippen molar-refractivity contribution >= 4 is 17.3 Å². The highest BCUT2D eigenvalue weighted by Crippen LogP contribution is 2.24. The third-order valence-corrected chi connectivity index (χ3v) is 4.93. The van der Waals surface area contributed by atoms with E-state index in [1.165, 1.54) is 4.88 Å². The minimum Gasteiger partial charge on any atom is -0.393 e. The topological polar surface area (TPSA) is 69.5 Å². The molecule has 5 nitrogen and oxygen atoms in total. The van der Waals surface area contributed by atoms with Crippen LogP contribution in [-0.4, -0.2) is 35.2 Å². The van der Waals surface area contributed by atoms with Crippen LogP contribution in [0.5, 0.6) is 0 Å². The maximum absolute atomic E-state index is 9.87. The van der Waals surface area contributed by atoms with E-state index in [1.807, 2.05) is 13.8 Å². The number of aryl methyl sites for hydroxylation is 2. The van der Waals surface area contributed by atoms with E-state index in [4.69, 9.17) is 0 Å². The molecule has 21 heavy (non-hydrogen) atoms. The van der Waals surface area contributed by atoms with Crippen molar-refractivity contribution in [2.75, 3.05) is 13.1 Å². The summed E-state index contributed by atoms with van der Waals surface area (Å²) in [7, 11) is 0. The second-order valence-corrected chi connectivity index (χ2v) is 6.86. The minimum atomic E-state index is -0.160. The molecule has 0 radical (unpaired) electrons. The Bertz CT molecular complexity index is 486. The Balaban J connectivity index is 1.91. The van der Waals surface area contributed by atoms with Gasteiger partial charge >= 0.3 is 0 Å². The zero-order valence-corrected chi connectivity index (χ0v) is 14.0. The summed E-state index contributed by atoms with van der Waals surface area (Å²) in [5.74, 6) is 1.17. The van der Waals surface area contributed by atoms with Crippen LogP contribution in [0.25, 0.3) is 0 Å². The van der Waals surface area contributed by atoms with E-state index >= 15 is 0 Å². The number of nitrogens with one attached hydrogen (secondary N) is 2. The summed E-state index contributed by atoms with van der Waals surface area (Å²) >= 11 is 1.70. The summed E-state index contributed by atoms with van der Waals surface area (Å²) < 4.78 is 0. The van der Waals surface area contributed by atoms with Gasteiger partial charge in [0.15, 0.2) is 5.96 Å². The molecule has 1 aromatic rings. The number of hydrogen-bond acceptors (Lipinski definition) is 4. The Morgan fingerprint density at radius 2 is 2.19 bits per heavy atom. The molecule has 1 aliphatic carbocycles. The van der Waals surface area contributed by atoms with Crippen LogP contribution in [0.4, 0.5) is 0 Å². The summed E-state index contributed by atoms with van der Waals surface area (Å²) in [6.07, 6.45) is 2.99. The number of aromatic nitrogens is 1. The van der Waals surface area contributed by atoms with Gasteiger partial charge in [-0.1, -0.05) is 6.42 Å². The molecule has 1 saturated carbocycles. The van der Waals surface area contributed by atoms with Crippen molar-refractivity contribution < 1.29 is 5.11 Å². The van der Waals surface area contributed by atoms with Crippen molar-refractivity contribution in [3.8, 4) is 0 Å². The molecule has 1 fully saturated rings. The number of thiazole rings is 1. The SMILES string of the molecule is CCNC(=NCc1sc(C)nc1C)NCC1CCCC1O. The largest absolute Gasteiger partial charge is 0.393 e. The average Bonchev–Trinajstić information content (AvgIpc) is 2.99. The van der Waals surface area contributed by atoms with Crippen LogP contribution in [0.15, 0.2) is 4.99 Å². The average molecular weight is 310 g/mol. The molecule has 1 heterocycles. The second-order valence-electron chi connectivity index (χ2n) is 5.58. The van der Waals surface area contributed by atoms with E-state index in [-0.39, 0.29) is 6.10 Å². The lowest BCUT2D eigenvalue weighted by Crippen LogP contribution is -2.41. The quantitative estimate of drug-likeness (QED) is 0.574. The van der Waals surface area contributed by atoms with Crippen molar-refractivity contribution in [1.82, 2.24) is 15.6 Å². The third kappa shape index (κ3) is 4.68. The van der Waals surface area contributed by atoms with Gasteiger partial charge in [0, 0.05) is 23.9 Å². The predicted molar refractivity (Wildman–Crippen MR) is 87.8 cm³/mol. The van der Waals surface area contributed by atoms with Gasteiger partial charge in [0.1, 0.15) is 0 Å². The van der Waals surface area contributed by atoms with Crippen molar-refractivity contribution in [3.05, 3.63) is 15.6 Å². The molecule has 0 bridgehead atoms. The zero-order valence-electron chi connectivity index (χ0n) is 13.1. The van der Waals surface area contributed by atoms with Gasteiger partial charge in [-0.2, -0.15) is 0 Å². The molecule has 118 valence electrons. The fourth-order valence-electron chi connectivity index (χ4n) is 2.70. The third-order valence-electron chi connectivity index (χ3n) is 3.88. The standard InChI is InChI=1S/C15H26N4OS/c1-4-16-15(17-8-12-6-5-7-13(12)20)18-9-14-10(2)19-11(3)21-14/h12-13,20H,4-9H2,1-3H3,(H2,16,17,18). The molecule has 0 aliphatic heterocycles. The fraction of sp³-hybridized carbons (Fsp3) is 0.733. The number of aliphatic hydroxyl groups is 1. The molecule has 2 atom stereocenters. The number of aliphatic imine (C=N–C) groups is 1. The van der Waals surface area contributed by atoms with Crippen molar-refractivity contribution in [1.29, 1.82) is 0 Å². The minimum absolute atomic E-state index is 0.160. The summed E-state index contributed by atoms with van der Waals surface area (Å²) in [6.45, 7) is 8.39. The fourth-order valence-corrected chi connectivity index (χ4v) is 3.56. The molecule has 2 rings (SSSR count). The molecule has 1 aromatic heterocycles. The van der Waals surface area contributed by atoms with E-state index in [0.29, 0.717) is 12.5 Å². The predicted octanol–water partition coefficient (Wildman–Crippen LogP) is 1.98. The van der Waals surface area contributed by atoms with E-state index in [2.05, 4.69) is 27.5 Å². The first-order valence-electron chi connectivity index (χ1n) is 7.73. The van der Waals surface area contributed by atoms with Crippen LogP contribution < -0.4 is 10.6 Å². The van der Waals surface area contributed by atoms with Gasteiger partial charge in [0.05, 0.1) is 23.4 Å². The highest BCUT2D eigenvalue weighted by molar-refractivity contribution is 7.11. The molecule has 2 unspecified atom stereocenters. The van der Waals surface area contributed by atoms with Gasteiger partial charge in [0.25, 0.3) is 0 Å². The molecule has 6 heteroatoms. The lowest BCUT2D eigenvalue weighted by atomic mass is 10.1. The summed E-state index contributed by atoms with van der Waals surface area (Å²) in [5.41, 5.74) is 1.07. The number of hydrogen-bond donors (Lipinski definition) is 3. The van der Waals surface area contributed by atoms with E-state index < -0.39 is 0 Å². The van der Waals surface area contributed by atoms with Crippen LogP contribution >= 0.6 is 11.3 Å². The lowest BCUT2D eigenvalue weighted by Gasteiger charge is -2.17. The first kappa shape index (κ1) is 16.2. The Kier molecular flexibility index (Phi) is 5.99. The van der Waals surface area contributed by atoms with Gasteiger partial charge in [-0.25, -0.2) is 9.98 Å². The number of rotatable bonds is 5. The monoisotopic (exact) mass is 310 g/mol. The Morgan fingerprint density at radius 1 is 1.38 bits per heavy atom. The number of nitrogens with zero attached hydrogens (tertiary/aromatic N) is 2. The molecular formula is C15H26N4OS. The van der Waals surface area contributed by atoms with Crippen molar-refractivity contribution in [2.45, 2.75) is 52.7 Å². The van der Waals surface area contributed by atoms with Gasteiger partial charge < -0.3 is 15.7 Å². The molecular weight excluding hydrogens is 284 g/mol. The first-order valence-corrected chi connectivity index (χ1v) is 8.55. The molecule has 0 amide bonds. The van der Waals surface area contributed by atoms with E-state index in [9.17, 15) is 5.11 Å². The highest BCUT2D eigenvalue weighted by atomic mass is 32.1. The van der Waals surface area contributed by atoms with E-state index in [1.54, 1.807) is 11.3 Å². The summed E-state index contributed by atoms with van der Waals surface area (Å²) in [5, 5.41) is 17.6. The normalized spacial score (nSPS) is 22.6. The Labute approximate surface area is 130 Å². The molecule has 0 aromatic carbocycles. The van der Waals surface area contributed by atoms with Gasteiger partial charge in [-0.05, 0) is 33.6 Å². The first-order chi connectivity index (χ1) is 10.1. The highest BCUT2D eigenvalue weighted by Gasteiger charge is 2.24.